The molecule has 0 saturated carbocycles. The summed E-state index contributed by atoms with van der Waals surface area (Å²) in [6, 6.07) is -0.886. The number of carbonyl (C=O) groups excluding carboxylic acids is 1. The van der Waals surface area contributed by atoms with Crippen LogP contribution in [0.3, 0.4) is 0 Å². The van der Waals surface area contributed by atoms with E-state index in [4.69, 9.17) is 28.4 Å². The first kappa shape index (κ1) is 65.8. The first-order valence-electron chi connectivity index (χ1n) is 28.4. The molecule has 73 heavy (non-hydrogen) atoms. The summed E-state index contributed by atoms with van der Waals surface area (Å²) in [4.78, 5) is 13.3. The molecule has 0 aromatic heterocycles. The predicted octanol–water partition coefficient (Wildman–Crippen LogP) is 3.82. The number of carbonyl (C=O) groups is 1. The Kier molecular flexibility index (Phi) is 35.1. The Morgan fingerprint density at radius 2 is 0.863 bits per heavy atom. The maximum atomic E-state index is 13.3. The quantitative estimate of drug-likeness (QED) is 0.0306. The van der Waals surface area contributed by atoms with Crippen LogP contribution in [0, 0.1) is 0 Å². The molecule has 17 atom stereocenters. The zero-order valence-electron chi connectivity index (χ0n) is 44.4. The molecule has 3 aliphatic rings. The lowest BCUT2D eigenvalue weighted by atomic mass is 9.96. The summed E-state index contributed by atoms with van der Waals surface area (Å²) in [6.45, 7) is 1.75. The van der Waals surface area contributed by atoms with Crippen LogP contribution in [0.5, 0.6) is 0 Å². The van der Waals surface area contributed by atoms with Gasteiger partial charge in [-0.1, -0.05) is 161 Å². The van der Waals surface area contributed by atoms with Gasteiger partial charge in [0.1, 0.15) is 73.2 Å². The summed E-state index contributed by atoms with van der Waals surface area (Å²) in [7, 11) is 0. The highest BCUT2D eigenvalue weighted by molar-refractivity contribution is 5.76. The van der Waals surface area contributed by atoms with E-state index >= 15 is 0 Å². The number of allylic oxidation sites excluding steroid dienone is 2. The fourth-order valence-corrected chi connectivity index (χ4v) is 9.84. The van der Waals surface area contributed by atoms with Crippen molar-refractivity contribution < 1.29 is 89.4 Å². The van der Waals surface area contributed by atoms with Crippen LogP contribution in [0.2, 0.25) is 0 Å². The second-order valence-electron chi connectivity index (χ2n) is 20.8. The molecule has 0 spiro atoms. The zero-order chi connectivity index (χ0) is 53.4. The van der Waals surface area contributed by atoms with Crippen LogP contribution in [-0.2, 0) is 33.2 Å². The molecule has 0 aromatic rings. The Morgan fingerprint density at radius 1 is 0.479 bits per heavy atom. The maximum absolute atomic E-state index is 13.3. The van der Waals surface area contributed by atoms with Gasteiger partial charge in [-0.25, -0.2) is 0 Å². The van der Waals surface area contributed by atoms with Gasteiger partial charge < -0.3 is 89.9 Å². The summed E-state index contributed by atoms with van der Waals surface area (Å²) in [5.41, 5.74) is 0. The molecule has 430 valence electrons. The summed E-state index contributed by atoms with van der Waals surface area (Å²) >= 11 is 0. The van der Waals surface area contributed by atoms with E-state index in [1.54, 1.807) is 0 Å². The smallest absolute Gasteiger partial charge is 0.220 e. The second kappa shape index (κ2) is 39.0. The third-order valence-electron chi connectivity index (χ3n) is 14.6. The highest BCUT2D eigenvalue weighted by Crippen LogP contribution is 2.33. The van der Waals surface area contributed by atoms with Crippen LogP contribution >= 0.6 is 0 Å². The van der Waals surface area contributed by atoms with Crippen molar-refractivity contribution >= 4 is 5.91 Å². The van der Waals surface area contributed by atoms with Gasteiger partial charge in [0, 0.05) is 6.42 Å². The van der Waals surface area contributed by atoms with E-state index in [2.05, 4.69) is 31.3 Å². The molecular weight excluding hydrogens is 951 g/mol. The summed E-state index contributed by atoms with van der Waals surface area (Å²) in [5, 5.41) is 120. The number of aliphatic hydroxyl groups excluding tert-OH is 11. The molecule has 19 heteroatoms. The number of ether oxygens (including phenoxy) is 6. The van der Waals surface area contributed by atoms with Gasteiger partial charge in [0.05, 0.1) is 38.6 Å². The molecule has 17 unspecified atom stereocenters. The first-order valence-corrected chi connectivity index (χ1v) is 28.4. The molecule has 12 N–H and O–H groups in total. The SMILES string of the molecule is CCCCCC/C=C\CCCCCCCC(=O)NC(COC1OC(CO)C(OC2OC(CO)C(OC3OC(CO)C(O)C(O)C3O)C(O)C2O)C(O)C1O)C(O)CCCCCCCCCCCCCCCCC. The molecule has 3 saturated heterocycles. The third-order valence-corrected chi connectivity index (χ3v) is 14.6. The van der Waals surface area contributed by atoms with E-state index in [1.165, 1.54) is 96.3 Å². The fraction of sp³-hybridized carbons (Fsp3) is 0.944. The molecule has 0 radical (unpaired) electrons. The van der Waals surface area contributed by atoms with Gasteiger partial charge >= 0.3 is 0 Å². The minimum absolute atomic E-state index is 0.253. The fourth-order valence-electron chi connectivity index (χ4n) is 9.84. The van der Waals surface area contributed by atoms with Crippen LogP contribution < -0.4 is 5.32 Å². The molecule has 0 bridgehead atoms. The van der Waals surface area contributed by atoms with Gasteiger partial charge in [-0.15, -0.1) is 0 Å². The van der Waals surface area contributed by atoms with Crippen molar-refractivity contribution in [2.75, 3.05) is 26.4 Å². The van der Waals surface area contributed by atoms with Crippen LogP contribution in [-0.4, -0.2) is 193 Å². The molecule has 3 heterocycles. The van der Waals surface area contributed by atoms with Gasteiger partial charge in [0.25, 0.3) is 0 Å². The van der Waals surface area contributed by atoms with E-state index < -0.39 is 124 Å². The summed E-state index contributed by atoms with van der Waals surface area (Å²) in [6.07, 6.45) is 8.73. The molecule has 3 rings (SSSR count). The maximum Gasteiger partial charge on any atom is 0.220 e. The van der Waals surface area contributed by atoms with Crippen molar-refractivity contribution in [3.63, 3.8) is 0 Å². The Hall–Kier alpha value is -1.47. The Bertz CT molecular complexity index is 1400. The van der Waals surface area contributed by atoms with Crippen molar-refractivity contribution in [1.29, 1.82) is 0 Å². The van der Waals surface area contributed by atoms with E-state index in [-0.39, 0.29) is 18.9 Å². The normalized spacial score (nSPS) is 31.8. The lowest BCUT2D eigenvalue weighted by molar-refractivity contribution is -0.379. The van der Waals surface area contributed by atoms with E-state index in [0.717, 1.165) is 64.2 Å². The average Bonchev–Trinajstić information content (AvgIpc) is 3.39. The van der Waals surface area contributed by atoms with Crippen molar-refractivity contribution in [3.8, 4) is 0 Å². The van der Waals surface area contributed by atoms with E-state index in [9.17, 15) is 61.0 Å². The number of unbranched alkanes of at least 4 members (excludes halogenated alkanes) is 23. The van der Waals surface area contributed by atoms with E-state index in [1.807, 2.05) is 0 Å². The second-order valence-corrected chi connectivity index (χ2v) is 20.8. The highest BCUT2D eigenvalue weighted by Gasteiger charge is 2.53. The van der Waals surface area contributed by atoms with Crippen molar-refractivity contribution in [1.82, 2.24) is 5.32 Å². The van der Waals surface area contributed by atoms with Crippen molar-refractivity contribution in [2.24, 2.45) is 0 Å². The minimum Gasteiger partial charge on any atom is -0.394 e. The molecule has 1 amide bonds. The predicted molar refractivity (Wildman–Crippen MR) is 273 cm³/mol. The standard InChI is InChI=1S/C54H101NO18/c1-3-5-7-9-11-13-15-17-18-20-21-23-25-27-29-31-38(59)37(55-42(60)32-30-28-26-24-22-19-16-14-12-10-8-6-4-2)36-68-52-48(66)45(63)50(40(34-57)70-52)73-54-49(67)46(64)51(41(35-58)71-54)72-53-47(65)44(62)43(61)39(33-56)69-53/h14,16,37-41,43-54,56-59,61-67H,3-13,15,17-36H2,1-2H3,(H,55,60)/b16-14-. The van der Waals surface area contributed by atoms with Crippen LogP contribution in [0.25, 0.3) is 0 Å². The zero-order valence-corrected chi connectivity index (χ0v) is 44.4. The number of aliphatic hydroxyl groups is 11. The number of hydrogen-bond acceptors (Lipinski definition) is 18. The van der Waals surface area contributed by atoms with Crippen molar-refractivity contribution in [3.05, 3.63) is 12.2 Å². The minimum atomic E-state index is -1.97. The average molecular weight is 1050 g/mol. The lowest BCUT2D eigenvalue weighted by Gasteiger charge is -2.48. The van der Waals surface area contributed by atoms with Gasteiger partial charge in [0.2, 0.25) is 5.91 Å². The van der Waals surface area contributed by atoms with Crippen LogP contribution in [0.1, 0.15) is 194 Å². The molecule has 0 aliphatic carbocycles. The van der Waals surface area contributed by atoms with Crippen molar-refractivity contribution in [2.45, 2.75) is 298 Å². The van der Waals surface area contributed by atoms with Gasteiger partial charge in [-0.2, -0.15) is 0 Å². The first-order chi connectivity index (χ1) is 35.3. The summed E-state index contributed by atoms with van der Waals surface area (Å²) in [5.74, 6) is -0.253. The Labute approximate surface area is 436 Å². The van der Waals surface area contributed by atoms with E-state index in [0.29, 0.717) is 12.8 Å². The highest BCUT2D eigenvalue weighted by atomic mass is 16.8. The molecule has 3 aliphatic heterocycles. The third kappa shape index (κ3) is 24.0. The van der Waals surface area contributed by atoms with Gasteiger partial charge in [0.15, 0.2) is 18.9 Å². The van der Waals surface area contributed by atoms with Crippen LogP contribution in [0.15, 0.2) is 12.2 Å². The number of rotatable bonds is 41. The van der Waals surface area contributed by atoms with Gasteiger partial charge in [-0.05, 0) is 38.5 Å². The number of nitrogens with one attached hydrogen (secondary N) is 1. The largest absolute Gasteiger partial charge is 0.394 e. The molecule has 3 fully saturated rings. The topological polar surface area (TPSA) is 307 Å². The molecular formula is C54H101NO18. The molecule has 19 nitrogen and oxygen atoms in total. The number of hydrogen-bond donors (Lipinski definition) is 12. The van der Waals surface area contributed by atoms with Crippen LogP contribution in [0.4, 0.5) is 0 Å². The Morgan fingerprint density at radius 3 is 1.34 bits per heavy atom. The lowest BCUT2D eigenvalue weighted by Crippen LogP contribution is -2.66. The monoisotopic (exact) mass is 1050 g/mol. The molecule has 0 aromatic carbocycles. The summed E-state index contributed by atoms with van der Waals surface area (Å²) < 4.78 is 34.2. The Balaban J connectivity index is 1.53. The number of amides is 1. The van der Waals surface area contributed by atoms with Gasteiger partial charge in [-0.3, -0.25) is 4.79 Å².